The summed E-state index contributed by atoms with van der Waals surface area (Å²) < 4.78 is 1.01. The largest absolute Gasteiger partial charge is 0.246 e. The molecule has 1 nitrogen and oxygen atoms in total. The molecule has 0 fully saturated rings. The molecule has 0 bridgehead atoms. The van der Waals surface area contributed by atoms with Gasteiger partial charge in [0.15, 0.2) is 0 Å². The molecular weight excluding hydrogens is 238 g/mol. The number of halogens is 1. The molecule has 0 radical (unpaired) electrons. The Balaban J connectivity index is 2.86. The van der Waals surface area contributed by atoms with Crippen molar-refractivity contribution >= 4 is 26.7 Å². The zero-order valence-corrected chi connectivity index (χ0v) is 9.30. The second-order valence-electron chi connectivity index (χ2n) is 2.88. The molecule has 14 heavy (non-hydrogen) atoms. The molecule has 0 atom stereocenters. The van der Waals surface area contributed by atoms with Gasteiger partial charge in [-0.3, -0.25) is 0 Å². The molecular formula is C12H8BrN. The van der Waals surface area contributed by atoms with Crippen molar-refractivity contribution in [2.75, 3.05) is 0 Å². The topological polar surface area (TPSA) is 12.9 Å². The van der Waals surface area contributed by atoms with Crippen LogP contribution >= 0.6 is 15.9 Å². The van der Waals surface area contributed by atoms with E-state index in [1.807, 2.05) is 25.1 Å². The van der Waals surface area contributed by atoms with Gasteiger partial charge in [-0.2, -0.15) is 0 Å². The maximum absolute atomic E-state index is 4.28. The third kappa shape index (κ3) is 1.51. The highest BCUT2D eigenvalue weighted by Crippen LogP contribution is 2.24. The molecule has 2 heteroatoms. The van der Waals surface area contributed by atoms with Gasteiger partial charge in [0.05, 0.1) is 0 Å². The zero-order valence-electron chi connectivity index (χ0n) is 7.71. The molecule has 0 aliphatic heterocycles. The van der Waals surface area contributed by atoms with Gasteiger partial charge < -0.3 is 0 Å². The van der Waals surface area contributed by atoms with Crippen LogP contribution in [0, 0.1) is 11.8 Å². The molecule has 0 saturated heterocycles. The summed E-state index contributed by atoms with van der Waals surface area (Å²) in [6.45, 7) is 1.82. The summed E-state index contributed by atoms with van der Waals surface area (Å²) >= 11 is 3.47. The summed E-state index contributed by atoms with van der Waals surface area (Å²) in [5.74, 6) is 5.86. The van der Waals surface area contributed by atoms with Gasteiger partial charge in [-0.05, 0) is 28.8 Å². The fraction of sp³-hybridized carbons (Fsp3) is 0.0833. The predicted molar refractivity (Wildman–Crippen MR) is 62.0 cm³/mol. The van der Waals surface area contributed by atoms with Crippen molar-refractivity contribution in [2.45, 2.75) is 6.92 Å². The molecule has 0 aliphatic carbocycles. The Morgan fingerprint density at radius 1 is 1.21 bits per heavy atom. The van der Waals surface area contributed by atoms with Crippen molar-refractivity contribution < 1.29 is 0 Å². The summed E-state index contributed by atoms with van der Waals surface area (Å²) in [5.41, 5.74) is 0.839. The Hall–Kier alpha value is -1.33. The molecule has 0 saturated carbocycles. The van der Waals surface area contributed by atoms with Gasteiger partial charge in [-0.25, -0.2) is 4.98 Å². The highest BCUT2D eigenvalue weighted by atomic mass is 79.9. The van der Waals surface area contributed by atoms with Crippen LogP contribution in [0.2, 0.25) is 0 Å². The van der Waals surface area contributed by atoms with Crippen molar-refractivity contribution in [3.63, 3.8) is 0 Å². The quantitative estimate of drug-likeness (QED) is 0.649. The van der Waals surface area contributed by atoms with E-state index >= 15 is 0 Å². The third-order valence-corrected chi connectivity index (χ3v) is 2.62. The molecule has 1 aromatic carbocycles. The molecule has 0 N–H and O–H groups in total. The lowest BCUT2D eigenvalue weighted by Crippen LogP contribution is -1.85. The molecule has 0 unspecified atom stereocenters. The Morgan fingerprint density at radius 3 is 2.64 bits per heavy atom. The Labute approximate surface area is 91.3 Å². The van der Waals surface area contributed by atoms with Crippen LogP contribution < -0.4 is 0 Å². The first-order valence-corrected chi connectivity index (χ1v) is 5.08. The Morgan fingerprint density at radius 2 is 1.93 bits per heavy atom. The average Bonchev–Trinajstić information content (AvgIpc) is 2.23. The van der Waals surface area contributed by atoms with E-state index in [9.17, 15) is 0 Å². The van der Waals surface area contributed by atoms with Gasteiger partial charge in [-0.1, -0.05) is 30.2 Å². The number of pyridine rings is 1. The summed E-state index contributed by atoms with van der Waals surface area (Å²) in [4.78, 5) is 4.28. The predicted octanol–water partition coefficient (Wildman–Crippen LogP) is 3.37. The van der Waals surface area contributed by atoms with E-state index in [4.69, 9.17) is 0 Å². The van der Waals surface area contributed by atoms with Crippen molar-refractivity contribution in [3.05, 3.63) is 40.6 Å². The van der Waals surface area contributed by atoms with Crippen molar-refractivity contribution in [3.8, 4) is 11.8 Å². The second-order valence-corrected chi connectivity index (χ2v) is 3.73. The number of benzene rings is 1. The number of fused-ring (bicyclic) bond motifs is 1. The lowest BCUT2D eigenvalue weighted by Gasteiger charge is -2.01. The fourth-order valence-corrected chi connectivity index (χ4v) is 1.82. The molecule has 0 spiro atoms. The van der Waals surface area contributed by atoms with Crippen LogP contribution in [0.15, 0.2) is 34.9 Å². The highest BCUT2D eigenvalue weighted by Gasteiger charge is 2.02. The maximum atomic E-state index is 4.28. The van der Waals surface area contributed by atoms with Crippen LogP contribution in [0.1, 0.15) is 12.6 Å². The van der Waals surface area contributed by atoms with Gasteiger partial charge in [0.25, 0.3) is 0 Å². The van der Waals surface area contributed by atoms with Gasteiger partial charge in [0, 0.05) is 21.4 Å². The SMILES string of the molecule is CC#Cc1ncc(Br)c2ccccc12. The zero-order chi connectivity index (χ0) is 9.97. The van der Waals surface area contributed by atoms with Crippen molar-refractivity contribution in [2.24, 2.45) is 0 Å². The Kier molecular flexibility index (Phi) is 2.51. The van der Waals surface area contributed by atoms with Crippen LogP contribution in [0.5, 0.6) is 0 Å². The molecule has 68 valence electrons. The number of hydrogen-bond donors (Lipinski definition) is 0. The summed E-state index contributed by atoms with van der Waals surface area (Å²) in [7, 11) is 0. The monoisotopic (exact) mass is 245 g/mol. The van der Waals surface area contributed by atoms with Crippen molar-refractivity contribution in [1.29, 1.82) is 0 Å². The summed E-state index contributed by atoms with van der Waals surface area (Å²) in [6, 6.07) is 8.10. The van der Waals surface area contributed by atoms with Crippen LogP contribution in [0.3, 0.4) is 0 Å². The fourth-order valence-electron chi connectivity index (χ4n) is 1.38. The standard InChI is InChI=1S/C12H8BrN/c1-2-5-12-10-7-4-3-6-9(10)11(13)8-14-12/h3-4,6-8H,1H3. The minimum Gasteiger partial charge on any atom is -0.246 e. The first-order valence-electron chi connectivity index (χ1n) is 4.29. The number of nitrogens with zero attached hydrogens (tertiary/aromatic N) is 1. The van der Waals surface area contributed by atoms with E-state index in [1.54, 1.807) is 6.20 Å². The second kappa shape index (κ2) is 3.81. The average molecular weight is 246 g/mol. The van der Waals surface area contributed by atoms with Crippen LogP contribution in [0.4, 0.5) is 0 Å². The molecule has 0 aliphatic rings. The molecule has 2 aromatic rings. The van der Waals surface area contributed by atoms with Gasteiger partial charge in [0.2, 0.25) is 0 Å². The first kappa shape index (κ1) is 9.23. The third-order valence-electron chi connectivity index (χ3n) is 1.99. The maximum Gasteiger partial charge on any atom is 0.121 e. The number of rotatable bonds is 0. The lowest BCUT2D eigenvalue weighted by molar-refractivity contribution is 1.31. The van der Waals surface area contributed by atoms with E-state index in [0.29, 0.717) is 0 Å². The molecule has 1 heterocycles. The minimum absolute atomic E-state index is 0.839. The van der Waals surface area contributed by atoms with E-state index < -0.39 is 0 Å². The van der Waals surface area contributed by atoms with Crippen molar-refractivity contribution in [1.82, 2.24) is 4.98 Å². The van der Waals surface area contributed by atoms with Gasteiger partial charge in [-0.15, -0.1) is 0 Å². The molecule has 0 amide bonds. The molecule has 1 aromatic heterocycles. The Bertz CT molecular complexity index is 535. The summed E-state index contributed by atoms with van der Waals surface area (Å²) in [6.07, 6.45) is 1.79. The van der Waals surface area contributed by atoms with Crippen LogP contribution in [-0.2, 0) is 0 Å². The summed E-state index contributed by atoms with van der Waals surface area (Å²) in [5, 5.41) is 2.25. The first-order chi connectivity index (χ1) is 6.83. The van der Waals surface area contributed by atoms with E-state index in [2.05, 4.69) is 38.8 Å². The number of hydrogen-bond acceptors (Lipinski definition) is 1. The lowest BCUT2D eigenvalue weighted by atomic mass is 10.1. The van der Waals surface area contributed by atoms with E-state index in [0.717, 1.165) is 20.9 Å². The molecule has 2 rings (SSSR count). The van der Waals surface area contributed by atoms with E-state index in [-0.39, 0.29) is 0 Å². The van der Waals surface area contributed by atoms with Crippen LogP contribution in [0.25, 0.3) is 10.8 Å². The smallest absolute Gasteiger partial charge is 0.121 e. The van der Waals surface area contributed by atoms with Gasteiger partial charge >= 0.3 is 0 Å². The van der Waals surface area contributed by atoms with E-state index in [1.165, 1.54) is 0 Å². The van der Waals surface area contributed by atoms with Crippen LogP contribution in [-0.4, -0.2) is 4.98 Å². The van der Waals surface area contributed by atoms with Gasteiger partial charge in [0.1, 0.15) is 5.69 Å². The number of aromatic nitrogens is 1. The minimum atomic E-state index is 0.839. The normalized spacial score (nSPS) is 9.57. The highest BCUT2D eigenvalue weighted by molar-refractivity contribution is 9.10.